The van der Waals surface area contributed by atoms with Crippen molar-refractivity contribution in [1.82, 2.24) is 4.90 Å². The summed E-state index contributed by atoms with van der Waals surface area (Å²) in [5, 5.41) is 0.584. The van der Waals surface area contributed by atoms with Crippen LogP contribution in [0.1, 0.15) is 34.0 Å². The summed E-state index contributed by atoms with van der Waals surface area (Å²) in [7, 11) is 0. The Hall–Kier alpha value is -4.09. The number of halogens is 1. The molecule has 0 unspecified atom stereocenters. The molecule has 0 radical (unpaired) electrons. The van der Waals surface area contributed by atoms with E-state index in [0.29, 0.717) is 30.3 Å². The summed E-state index contributed by atoms with van der Waals surface area (Å²) in [5.41, 5.74) is 3.19. The van der Waals surface area contributed by atoms with Gasteiger partial charge in [-0.3, -0.25) is 4.79 Å². The number of carbonyl (C=O) groups is 2. The van der Waals surface area contributed by atoms with E-state index in [9.17, 15) is 9.59 Å². The first kappa shape index (κ1) is 27.0. The summed E-state index contributed by atoms with van der Waals surface area (Å²) in [6.45, 7) is 2.72. The van der Waals surface area contributed by atoms with Gasteiger partial charge in [-0.15, -0.1) is 0 Å². The Morgan fingerprint density at radius 1 is 0.789 bits per heavy atom. The van der Waals surface area contributed by atoms with E-state index < -0.39 is 12.1 Å². The van der Waals surface area contributed by atoms with Gasteiger partial charge in [0, 0.05) is 23.7 Å². The second kappa shape index (κ2) is 13.5. The second-order valence-corrected chi connectivity index (χ2v) is 9.31. The van der Waals surface area contributed by atoms with Gasteiger partial charge in [0.25, 0.3) is 5.91 Å². The Morgan fingerprint density at radius 3 is 2.11 bits per heavy atom. The molecular formula is C32H30ClNO4. The minimum absolute atomic E-state index is 0.197. The molecule has 0 aromatic heterocycles. The van der Waals surface area contributed by atoms with Crippen LogP contribution in [-0.4, -0.2) is 29.4 Å². The molecule has 38 heavy (non-hydrogen) atoms. The fourth-order valence-corrected chi connectivity index (χ4v) is 4.23. The maximum atomic E-state index is 13.5. The molecule has 0 aliphatic heterocycles. The van der Waals surface area contributed by atoms with E-state index in [0.717, 1.165) is 16.7 Å². The van der Waals surface area contributed by atoms with E-state index >= 15 is 0 Å². The van der Waals surface area contributed by atoms with Gasteiger partial charge in [0.15, 0.2) is 6.10 Å². The number of para-hydroxylation sites is 1. The number of ether oxygens (including phenoxy) is 2. The van der Waals surface area contributed by atoms with Gasteiger partial charge < -0.3 is 14.4 Å². The number of benzene rings is 4. The van der Waals surface area contributed by atoms with Crippen LogP contribution in [0.15, 0.2) is 109 Å². The van der Waals surface area contributed by atoms with E-state index in [1.54, 1.807) is 42.2 Å². The Balaban J connectivity index is 1.44. The molecule has 0 aliphatic carbocycles. The standard InChI is InChI=1S/C32H30ClNO4/c1-24(31(35)34(22-26-14-6-3-7-15-26)21-20-25-12-4-2-5-13-25)38-32(36)28-17-9-11-19-30(28)37-23-27-16-8-10-18-29(27)33/h2-19,24H,20-23H2,1H3/t24-/m1/s1. The maximum absolute atomic E-state index is 13.5. The third kappa shape index (κ3) is 7.46. The fraction of sp³-hybridized carbons (Fsp3) is 0.188. The number of hydrogen-bond donors (Lipinski definition) is 0. The van der Waals surface area contributed by atoms with Gasteiger partial charge in [-0.2, -0.15) is 0 Å². The van der Waals surface area contributed by atoms with Crippen molar-refractivity contribution in [3.8, 4) is 5.75 Å². The SMILES string of the molecule is C[C@@H](OC(=O)c1ccccc1OCc1ccccc1Cl)C(=O)N(CCc1ccccc1)Cc1ccccc1. The third-order valence-electron chi connectivity index (χ3n) is 6.12. The van der Waals surface area contributed by atoms with Crippen molar-refractivity contribution in [2.24, 2.45) is 0 Å². The molecule has 0 bridgehead atoms. The van der Waals surface area contributed by atoms with Crippen LogP contribution in [0.2, 0.25) is 5.02 Å². The Bertz CT molecular complexity index is 1340. The molecule has 0 spiro atoms. The zero-order valence-electron chi connectivity index (χ0n) is 21.3. The molecule has 0 fully saturated rings. The predicted octanol–water partition coefficient (Wildman–Crippen LogP) is 6.74. The maximum Gasteiger partial charge on any atom is 0.342 e. The second-order valence-electron chi connectivity index (χ2n) is 8.90. The fourth-order valence-electron chi connectivity index (χ4n) is 4.04. The molecule has 4 aromatic carbocycles. The van der Waals surface area contributed by atoms with Crippen LogP contribution < -0.4 is 4.74 Å². The van der Waals surface area contributed by atoms with Crippen molar-refractivity contribution in [2.45, 2.75) is 32.6 Å². The summed E-state index contributed by atoms with van der Waals surface area (Å²) < 4.78 is 11.5. The quantitative estimate of drug-likeness (QED) is 0.203. The van der Waals surface area contributed by atoms with Crippen LogP contribution in [0.3, 0.4) is 0 Å². The predicted molar refractivity (Wildman–Crippen MR) is 149 cm³/mol. The molecule has 6 heteroatoms. The monoisotopic (exact) mass is 527 g/mol. The number of rotatable bonds is 11. The molecule has 4 aromatic rings. The molecule has 0 saturated heterocycles. The Morgan fingerprint density at radius 2 is 1.39 bits per heavy atom. The lowest BCUT2D eigenvalue weighted by molar-refractivity contribution is -0.140. The highest BCUT2D eigenvalue weighted by atomic mass is 35.5. The van der Waals surface area contributed by atoms with E-state index in [-0.39, 0.29) is 18.1 Å². The summed E-state index contributed by atoms with van der Waals surface area (Å²) >= 11 is 6.24. The van der Waals surface area contributed by atoms with Gasteiger partial charge >= 0.3 is 5.97 Å². The van der Waals surface area contributed by atoms with Crippen molar-refractivity contribution >= 4 is 23.5 Å². The molecule has 0 aliphatic rings. The molecule has 4 rings (SSSR count). The van der Waals surface area contributed by atoms with E-state index in [1.807, 2.05) is 78.9 Å². The van der Waals surface area contributed by atoms with Gasteiger partial charge in [0.05, 0.1) is 0 Å². The Labute approximate surface area is 228 Å². The average molecular weight is 528 g/mol. The number of esters is 1. The van der Waals surface area contributed by atoms with Crippen molar-refractivity contribution in [3.63, 3.8) is 0 Å². The van der Waals surface area contributed by atoms with Crippen molar-refractivity contribution in [1.29, 1.82) is 0 Å². The number of amides is 1. The molecule has 0 saturated carbocycles. The van der Waals surface area contributed by atoms with Crippen LogP contribution in [0.5, 0.6) is 5.75 Å². The molecule has 1 amide bonds. The van der Waals surface area contributed by atoms with Gasteiger partial charge in [0.1, 0.15) is 17.9 Å². The first-order valence-corrected chi connectivity index (χ1v) is 12.9. The van der Waals surface area contributed by atoms with Gasteiger partial charge in [0.2, 0.25) is 0 Å². The van der Waals surface area contributed by atoms with Crippen LogP contribution in [0.4, 0.5) is 0 Å². The largest absolute Gasteiger partial charge is 0.488 e. The van der Waals surface area contributed by atoms with Crippen LogP contribution in [0, 0.1) is 0 Å². The zero-order chi connectivity index (χ0) is 26.7. The minimum atomic E-state index is -0.974. The number of hydrogen-bond acceptors (Lipinski definition) is 4. The normalized spacial score (nSPS) is 11.4. The number of nitrogens with zero attached hydrogens (tertiary/aromatic N) is 1. The third-order valence-corrected chi connectivity index (χ3v) is 6.49. The first-order chi connectivity index (χ1) is 18.5. The molecule has 5 nitrogen and oxygen atoms in total. The van der Waals surface area contributed by atoms with Crippen LogP contribution >= 0.6 is 11.6 Å². The smallest absolute Gasteiger partial charge is 0.342 e. The highest BCUT2D eigenvalue weighted by Crippen LogP contribution is 2.23. The zero-order valence-corrected chi connectivity index (χ0v) is 22.0. The average Bonchev–Trinajstić information content (AvgIpc) is 2.95. The van der Waals surface area contributed by atoms with E-state index in [1.165, 1.54) is 0 Å². The van der Waals surface area contributed by atoms with Gasteiger partial charge in [-0.25, -0.2) is 4.79 Å². The lowest BCUT2D eigenvalue weighted by Crippen LogP contribution is -2.40. The lowest BCUT2D eigenvalue weighted by atomic mass is 10.1. The highest BCUT2D eigenvalue weighted by molar-refractivity contribution is 6.31. The minimum Gasteiger partial charge on any atom is -0.488 e. The van der Waals surface area contributed by atoms with Crippen LogP contribution in [-0.2, 0) is 29.1 Å². The molecule has 0 heterocycles. The van der Waals surface area contributed by atoms with Crippen molar-refractivity contribution in [2.75, 3.05) is 6.54 Å². The van der Waals surface area contributed by atoms with E-state index in [2.05, 4.69) is 0 Å². The van der Waals surface area contributed by atoms with Crippen molar-refractivity contribution in [3.05, 3.63) is 136 Å². The molecule has 194 valence electrons. The first-order valence-electron chi connectivity index (χ1n) is 12.5. The molecular weight excluding hydrogens is 498 g/mol. The summed E-state index contributed by atoms with van der Waals surface area (Å²) in [6, 6.07) is 34.0. The Kier molecular flexibility index (Phi) is 9.54. The van der Waals surface area contributed by atoms with Gasteiger partial charge in [-0.1, -0.05) is 103 Å². The molecule has 1 atom stereocenters. The van der Waals surface area contributed by atoms with Gasteiger partial charge in [-0.05, 0) is 42.7 Å². The summed E-state index contributed by atoms with van der Waals surface area (Å²) in [6.07, 6.45) is -0.280. The van der Waals surface area contributed by atoms with Crippen molar-refractivity contribution < 1.29 is 19.1 Å². The van der Waals surface area contributed by atoms with Crippen LogP contribution in [0.25, 0.3) is 0 Å². The molecule has 0 N–H and O–H groups in total. The number of carbonyl (C=O) groups excluding carboxylic acids is 2. The van der Waals surface area contributed by atoms with E-state index in [4.69, 9.17) is 21.1 Å². The lowest BCUT2D eigenvalue weighted by Gasteiger charge is -2.26. The highest BCUT2D eigenvalue weighted by Gasteiger charge is 2.26. The summed E-state index contributed by atoms with van der Waals surface area (Å²) in [5.74, 6) is -0.516. The summed E-state index contributed by atoms with van der Waals surface area (Å²) in [4.78, 5) is 28.3. The topological polar surface area (TPSA) is 55.8 Å².